The number of anilines is 1. The molecule has 0 saturated heterocycles. The summed E-state index contributed by atoms with van der Waals surface area (Å²) in [5.41, 5.74) is 1.41. The standard InChI is InChI=1S/C24H20N2O7S/c1-16-10-12-17(13-11-16)33-20-8-4-3-7-19(20)25-22(27)15-32-23(28)14-26-24(29)18-6-2-5-9-21(18)34(26,30)31/h2-13H,14-15H2,1H3,(H,25,27). The molecular formula is C24H20N2O7S. The minimum atomic E-state index is -4.15. The van der Waals surface area contributed by atoms with Crippen molar-refractivity contribution < 1.29 is 32.3 Å². The molecule has 9 nitrogen and oxygen atoms in total. The number of sulfonamides is 1. The van der Waals surface area contributed by atoms with Crippen molar-refractivity contribution in [2.45, 2.75) is 11.8 Å². The summed E-state index contributed by atoms with van der Waals surface area (Å²) in [6, 6.07) is 19.8. The SMILES string of the molecule is Cc1ccc(Oc2ccccc2NC(=O)COC(=O)CN2C(=O)c3ccccc3S2(=O)=O)cc1. The van der Waals surface area contributed by atoms with Crippen LogP contribution in [0.2, 0.25) is 0 Å². The van der Waals surface area contributed by atoms with Gasteiger partial charge in [-0.1, -0.05) is 42.0 Å². The fourth-order valence-corrected chi connectivity index (χ4v) is 4.79. The van der Waals surface area contributed by atoms with Gasteiger partial charge in [-0.3, -0.25) is 14.4 Å². The highest BCUT2D eigenvalue weighted by atomic mass is 32.2. The number of esters is 1. The highest BCUT2D eigenvalue weighted by Gasteiger charge is 2.42. The van der Waals surface area contributed by atoms with E-state index in [0.717, 1.165) is 5.56 Å². The number of benzene rings is 3. The fraction of sp³-hybridized carbons (Fsp3) is 0.125. The molecule has 34 heavy (non-hydrogen) atoms. The van der Waals surface area contributed by atoms with Gasteiger partial charge < -0.3 is 14.8 Å². The lowest BCUT2D eigenvalue weighted by Crippen LogP contribution is -2.36. The molecule has 0 atom stereocenters. The number of carbonyl (C=O) groups is 3. The van der Waals surface area contributed by atoms with Crippen LogP contribution >= 0.6 is 0 Å². The molecule has 1 aliphatic heterocycles. The summed E-state index contributed by atoms with van der Waals surface area (Å²) in [5.74, 6) is -1.55. The predicted molar refractivity (Wildman–Crippen MR) is 122 cm³/mol. The van der Waals surface area contributed by atoms with Crippen molar-refractivity contribution in [1.29, 1.82) is 0 Å². The van der Waals surface area contributed by atoms with E-state index in [1.807, 2.05) is 19.1 Å². The van der Waals surface area contributed by atoms with E-state index in [4.69, 9.17) is 9.47 Å². The molecular weight excluding hydrogens is 460 g/mol. The van der Waals surface area contributed by atoms with Crippen LogP contribution in [0.3, 0.4) is 0 Å². The van der Waals surface area contributed by atoms with E-state index in [1.54, 1.807) is 36.4 Å². The Morgan fingerprint density at radius 2 is 1.62 bits per heavy atom. The zero-order valence-electron chi connectivity index (χ0n) is 18.1. The zero-order chi connectivity index (χ0) is 24.3. The van der Waals surface area contributed by atoms with E-state index in [-0.39, 0.29) is 10.5 Å². The third-order valence-corrected chi connectivity index (χ3v) is 6.75. The summed E-state index contributed by atoms with van der Waals surface area (Å²) in [7, 11) is -4.15. The number of carbonyl (C=O) groups excluding carboxylic acids is 3. The van der Waals surface area contributed by atoms with Gasteiger partial charge in [-0.2, -0.15) is 0 Å². The van der Waals surface area contributed by atoms with E-state index in [0.29, 0.717) is 21.5 Å². The van der Waals surface area contributed by atoms with Crippen LogP contribution in [-0.4, -0.2) is 43.7 Å². The highest BCUT2D eigenvalue weighted by Crippen LogP contribution is 2.30. The summed E-state index contributed by atoms with van der Waals surface area (Å²) >= 11 is 0. The molecule has 0 fully saturated rings. The van der Waals surface area contributed by atoms with Crippen LogP contribution < -0.4 is 10.1 Å². The zero-order valence-corrected chi connectivity index (χ0v) is 18.9. The minimum Gasteiger partial charge on any atom is -0.455 e. The number of hydrogen-bond donors (Lipinski definition) is 1. The van der Waals surface area contributed by atoms with Crippen LogP contribution in [0.15, 0.2) is 77.7 Å². The molecule has 3 aromatic rings. The molecule has 2 amide bonds. The summed E-state index contributed by atoms with van der Waals surface area (Å²) in [5, 5.41) is 2.59. The van der Waals surface area contributed by atoms with Gasteiger partial charge >= 0.3 is 5.97 Å². The van der Waals surface area contributed by atoms with Crippen LogP contribution in [0.5, 0.6) is 11.5 Å². The van der Waals surface area contributed by atoms with Crippen molar-refractivity contribution in [3.05, 3.63) is 83.9 Å². The predicted octanol–water partition coefficient (Wildman–Crippen LogP) is 3.11. The lowest BCUT2D eigenvalue weighted by molar-refractivity contribution is -0.147. The Kier molecular flexibility index (Phi) is 6.33. The Labute approximate surface area is 196 Å². The van der Waals surface area contributed by atoms with Crippen LogP contribution in [-0.2, 0) is 24.3 Å². The van der Waals surface area contributed by atoms with Gasteiger partial charge in [0.15, 0.2) is 12.4 Å². The van der Waals surface area contributed by atoms with Crippen molar-refractivity contribution in [2.24, 2.45) is 0 Å². The molecule has 0 aliphatic carbocycles. The fourth-order valence-electron chi connectivity index (χ4n) is 3.27. The number of ether oxygens (including phenoxy) is 2. The number of para-hydroxylation sites is 2. The summed E-state index contributed by atoms with van der Waals surface area (Å²) in [4.78, 5) is 36.7. The van der Waals surface area contributed by atoms with E-state index in [9.17, 15) is 22.8 Å². The second kappa shape index (κ2) is 9.36. The summed E-state index contributed by atoms with van der Waals surface area (Å²) in [6.45, 7) is 0.441. The molecule has 0 bridgehead atoms. The molecule has 4 rings (SSSR count). The van der Waals surface area contributed by atoms with Crippen molar-refractivity contribution in [3.8, 4) is 11.5 Å². The van der Waals surface area contributed by atoms with Gasteiger partial charge in [-0.15, -0.1) is 0 Å². The topological polar surface area (TPSA) is 119 Å². The monoisotopic (exact) mass is 480 g/mol. The van der Waals surface area contributed by atoms with Crippen molar-refractivity contribution in [3.63, 3.8) is 0 Å². The number of fused-ring (bicyclic) bond motifs is 1. The van der Waals surface area contributed by atoms with Crippen molar-refractivity contribution >= 4 is 33.5 Å². The Bertz CT molecular complexity index is 1370. The molecule has 10 heteroatoms. The Morgan fingerprint density at radius 3 is 2.35 bits per heavy atom. The molecule has 0 unspecified atom stereocenters. The largest absolute Gasteiger partial charge is 0.455 e. The third-order valence-electron chi connectivity index (χ3n) is 4.96. The smallest absolute Gasteiger partial charge is 0.327 e. The second-order valence-electron chi connectivity index (χ2n) is 7.43. The van der Waals surface area contributed by atoms with Crippen LogP contribution in [0, 0.1) is 6.92 Å². The first-order valence-electron chi connectivity index (χ1n) is 10.2. The average molecular weight is 480 g/mol. The van der Waals surface area contributed by atoms with Gasteiger partial charge in [0, 0.05) is 0 Å². The van der Waals surface area contributed by atoms with Crippen LogP contribution in [0.4, 0.5) is 5.69 Å². The molecule has 1 aliphatic rings. The molecule has 1 N–H and O–H groups in total. The van der Waals surface area contributed by atoms with Gasteiger partial charge in [0.2, 0.25) is 0 Å². The third kappa shape index (κ3) is 4.76. The van der Waals surface area contributed by atoms with E-state index in [1.165, 1.54) is 24.3 Å². The molecule has 0 aromatic heterocycles. The van der Waals surface area contributed by atoms with Gasteiger partial charge in [0.25, 0.3) is 21.8 Å². The first-order valence-corrected chi connectivity index (χ1v) is 11.6. The Hall–Kier alpha value is -4.18. The normalized spacial score (nSPS) is 13.8. The van der Waals surface area contributed by atoms with Gasteiger partial charge in [0.05, 0.1) is 11.3 Å². The van der Waals surface area contributed by atoms with Crippen molar-refractivity contribution in [2.75, 3.05) is 18.5 Å². The maximum atomic E-state index is 12.5. The molecule has 3 aromatic carbocycles. The number of nitrogens with one attached hydrogen (secondary N) is 1. The summed E-state index contributed by atoms with van der Waals surface area (Å²) in [6.07, 6.45) is 0. The number of amides is 2. The minimum absolute atomic E-state index is 0.0155. The highest BCUT2D eigenvalue weighted by molar-refractivity contribution is 7.90. The first-order chi connectivity index (χ1) is 16.3. The molecule has 174 valence electrons. The Morgan fingerprint density at radius 1 is 0.941 bits per heavy atom. The number of aryl methyl sites for hydroxylation is 1. The quantitative estimate of drug-likeness (QED) is 0.516. The van der Waals surface area contributed by atoms with E-state index in [2.05, 4.69) is 5.32 Å². The second-order valence-corrected chi connectivity index (χ2v) is 9.26. The van der Waals surface area contributed by atoms with E-state index >= 15 is 0 Å². The molecule has 1 heterocycles. The number of rotatable bonds is 7. The summed E-state index contributed by atoms with van der Waals surface area (Å²) < 4.78 is 36.2. The molecule has 0 spiro atoms. The first kappa shape index (κ1) is 23.0. The van der Waals surface area contributed by atoms with E-state index < -0.39 is 41.0 Å². The van der Waals surface area contributed by atoms with Gasteiger partial charge in [-0.25, -0.2) is 12.7 Å². The van der Waals surface area contributed by atoms with Crippen LogP contribution in [0.25, 0.3) is 0 Å². The van der Waals surface area contributed by atoms with Gasteiger partial charge in [-0.05, 0) is 43.3 Å². The molecule has 0 saturated carbocycles. The molecule has 0 radical (unpaired) electrons. The van der Waals surface area contributed by atoms with Crippen molar-refractivity contribution in [1.82, 2.24) is 4.31 Å². The maximum Gasteiger partial charge on any atom is 0.327 e. The Balaban J connectivity index is 1.35. The number of hydrogen-bond acceptors (Lipinski definition) is 7. The van der Waals surface area contributed by atoms with Crippen LogP contribution in [0.1, 0.15) is 15.9 Å². The van der Waals surface area contributed by atoms with Gasteiger partial charge in [0.1, 0.15) is 17.2 Å². The average Bonchev–Trinajstić information content (AvgIpc) is 3.01. The number of nitrogens with zero attached hydrogens (tertiary/aromatic N) is 1. The lowest BCUT2D eigenvalue weighted by atomic mass is 10.2. The lowest BCUT2D eigenvalue weighted by Gasteiger charge is -2.15. The maximum absolute atomic E-state index is 12.5.